The summed E-state index contributed by atoms with van der Waals surface area (Å²) in [5.41, 5.74) is 2.81. The van der Waals surface area contributed by atoms with Crippen molar-refractivity contribution in [3.8, 4) is 17.2 Å². The highest BCUT2D eigenvalue weighted by Crippen LogP contribution is 2.29. The highest BCUT2D eigenvalue weighted by Gasteiger charge is 2.33. The van der Waals surface area contributed by atoms with Crippen LogP contribution in [0.2, 0.25) is 0 Å². The van der Waals surface area contributed by atoms with Gasteiger partial charge in [0.05, 0.1) is 11.8 Å². The lowest BCUT2D eigenvalue weighted by atomic mass is 9.90. The van der Waals surface area contributed by atoms with Crippen molar-refractivity contribution >= 4 is 17.3 Å². The number of halogens is 3. The second-order valence-corrected chi connectivity index (χ2v) is 8.24. The van der Waals surface area contributed by atoms with Crippen LogP contribution in [-0.2, 0) is 0 Å². The lowest BCUT2D eigenvalue weighted by Crippen LogP contribution is -2.48. The molecule has 1 amide bonds. The molecule has 1 aliphatic heterocycles. The summed E-state index contributed by atoms with van der Waals surface area (Å²) in [6, 6.07) is 9.99. The minimum Gasteiger partial charge on any atom is -0.387 e. The molecule has 1 aliphatic rings. The first-order chi connectivity index (χ1) is 16.7. The molecule has 0 saturated carbocycles. The molecule has 178 valence electrons. The van der Waals surface area contributed by atoms with Crippen LogP contribution in [0.4, 0.5) is 13.2 Å². The van der Waals surface area contributed by atoms with E-state index in [1.165, 1.54) is 23.1 Å². The van der Waals surface area contributed by atoms with Crippen LogP contribution in [0.25, 0.3) is 16.8 Å². The molecule has 6 nitrogen and oxygen atoms in total. The summed E-state index contributed by atoms with van der Waals surface area (Å²) in [7, 11) is 1.60. The van der Waals surface area contributed by atoms with Gasteiger partial charge in [0, 0.05) is 53.8 Å². The summed E-state index contributed by atoms with van der Waals surface area (Å²) in [5.74, 6) is -2.50. The predicted molar refractivity (Wildman–Crippen MR) is 126 cm³/mol. The smallest absolute Gasteiger partial charge is 0.254 e. The van der Waals surface area contributed by atoms with Crippen LogP contribution >= 0.6 is 0 Å². The van der Waals surface area contributed by atoms with Crippen molar-refractivity contribution in [3.05, 3.63) is 88.5 Å². The Bertz CT molecular complexity index is 1380. The van der Waals surface area contributed by atoms with Crippen LogP contribution in [0.3, 0.4) is 0 Å². The second-order valence-electron chi connectivity index (χ2n) is 8.24. The highest BCUT2D eigenvalue weighted by atomic mass is 19.1. The number of rotatable bonds is 4. The topological polar surface area (TPSA) is 95.8 Å². The second kappa shape index (κ2) is 9.50. The van der Waals surface area contributed by atoms with E-state index >= 15 is 0 Å². The van der Waals surface area contributed by atoms with Gasteiger partial charge >= 0.3 is 0 Å². The molecule has 0 bridgehead atoms. The van der Waals surface area contributed by atoms with E-state index in [1.807, 2.05) is 6.07 Å². The fraction of sp³-hybridized carbons (Fsp3) is 0.192. The first kappa shape index (κ1) is 23.8. The van der Waals surface area contributed by atoms with Gasteiger partial charge < -0.3 is 20.6 Å². The molecule has 1 saturated heterocycles. The van der Waals surface area contributed by atoms with Gasteiger partial charge in [0.25, 0.3) is 5.91 Å². The maximum atomic E-state index is 14.4. The minimum absolute atomic E-state index is 0.118. The summed E-state index contributed by atoms with van der Waals surface area (Å²) < 4.78 is 42.0. The number of nitrogens with zero attached hydrogens (tertiary/aromatic N) is 2. The SMILES string of the molecule is CN/C(=C1/CCN(C(=O)c2cc(F)cc(-c3c[nH]c(C#N)c3)c2)C(C)C1=N)c1cc(F)cc(F)c1. The van der Waals surface area contributed by atoms with Crippen molar-refractivity contribution in [1.29, 1.82) is 10.7 Å². The highest BCUT2D eigenvalue weighted by molar-refractivity contribution is 6.10. The normalized spacial score (nSPS) is 17.2. The minimum atomic E-state index is -0.730. The molecule has 1 atom stereocenters. The molecule has 9 heteroatoms. The van der Waals surface area contributed by atoms with Gasteiger partial charge in [-0.15, -0.1) is 0 Å². The number of nitriles is 1. The Labute approximate surface area is 200 Å². The van der Waals surface area contributed by atoms with E-state index in [9.17, 15) is 18.0 Å². The summed E-state index contributed by atoms with van der Waals surface area (Å²) in [5, 5.41) is 20.6. The molecular weight excluding hydrogens is 455 g/mol. The maximum absolute atomic E-state index is 14.4. The Morgan fingerprint density at radius 2 is 1.71 bits per heavy atom. The number of H-pyrrole nitrogens is 1. The number of nitrogens with one attached hydrogen (secondary N) is 3. The van der Waals surface area contributed by atoms with E-state index in [-0.39, 0.29) is 29.8 Å². The van der Waals surface area contributed by atoms with Gasteiger partial charge in [-0.25, -0.2) is 13.2 Å². The Balaban J connectivity index is 1.64. The van der Waals surface area contributed by atoms with Gasteiger partial charge in [0.1, 0.15) is 29.2 Å². The van der Waals surface area contributed by atoms with Crippen molar-refractivity contribution in [2.75, 3.05) is 13.6 Å². The predicted octanol–water partition coefficient (Wildman–Crippen LogP) is 4.86. The van der Waals surface area contributed by atoms with Crippen LogP contribution in [0.5, 0.6) is 0 Å². The number of likely N-dealkylation sites (tertiary alicyclic amines) is 1. The van der Waals surface area contributed by atoms with E-state index in [1.54, 1.807) is 32.3 Å². The third-order valence-electron chi connectivity index (χ3n) is 6.06. The molecule has 0 radical (unpaired) electrons. The quantitative estimate of drug-likeness (QED) is 0.501. The zero-order chi connectivity index (χ0) is 25.3. The van der Waals surface area contributed by atoms with Gasteiger partial charge in [-0.05, 0) is 55.3 Å². The molecule has 1 unspecified atom stereocenters. The third-order valence-corrected chi connectivity index (χ3v) is 6.06. The van der Waals surface area contributed by atoms with Gasteiger partial charge in [-0.3, -0.25) is 4.79 Å². The standard InChI is InChI=1S/C26H22F3N5O/c1-14-24(31)23(25(32-2)16-7-20(28)11-21(29)8-16)3-4-34(14)26(35)17-5-15(6-19(27)9-17)18-10-22(12-30)33-13-18/h5-11,13-14,31-33H,3-4H2,1-2H3/b25-23-,31-24?. The van der Waals surface area contributed by atoms with E-state index in [4.69, 9.17) is 10.7 Å². The van der Waals surface area contributed by atoms with Crippen LogP contribution in [0.1, 0.15) is 35.0 Å². The molecule has 35 heavy (non-hydrogen) atoms. The maximum Gasteiger partial charge on any atom is 0.254 e. The van der Waals surface area contributed by atoms with E-state index in [0.717, 1.165) is 12.1 Å². The average molecular weight is 477 g/mol. The van der Waals surface area contributed by atoms with Crippen LogP contribution in [0, 0.1) is 34.2 Å². The third kappa shape index (κ3) is 4.68. The molecular formula is C26H22F3N5O. The monoisotopic (exact) mass is 477 g/mol. The van der Waals surface area contributed by atoms with Crippen LogP contribution < -0.4 is 5.32 Å². The van der Waals surface area contributed by atoms with Gasteiger partial charge in [-0.2, -0.15) is 5.26 Å². The van der Waals surface area contributed by atoms with Gasteiger partial charge in [0.2, 0.25) is 0 Å². The largest absolute Gasteiger partial charge is 0.387 e. The van der Waals surface area contributed by atoms with Crippen LogP contribution in [0.15, 0.2) is 54.2 Å². The number of aromatic nitrogens is 1. The van der Waals surface area contributed by atoms with Crippen molar-refractivity contribution in [2.24, 2.45) is 0 Å². The molecule has 2 aromatic carbocycles. The molecule has 2 heterocycles. The van der Waals surface area contributed by atoms with Crippen molar-refractivity contribution in [1.82, 2.24) is 15.2 Å². The fourth-order valence-electron chi connectivity index (χ4n) is 4.34. The number of carbonyl (C=O) groups is 1. The molecule has 1 fully saturated rings. The molecule has 0 spiro atoms. The molecule has 4 rings (SSSR count). The summed E-state index contributed by atoms with van der Waals surface area (Å²) in [6.45, 7) is 1.92. The summed E-state index contributed by atoms with van der Waals surface area (Å²) >= 11 is 0. The average Bonchev–Trinajstić information content (AvgIpc) is 3.30. The Hall–Kier alpha value is -4.32. The molecule has 0 aliphatic carbocycles. The van der Waals surface area contributed by atoms with Gasteiger partial charge in [0.15, 0.2) is 0 Å². The number of aromatic amines is 1. The zero-order valence-corrected chi connectivity index (χ0v) is 19.0. The first-order valence-corrected chi connectivity index (χ1v) is 10.9. The Morgan fingerprint density at radius 1 is 1.06 bits per heavy atom. The Morgan fingerprint density at radius 3 is 2.34 bits per heavy atom. The molecule has 3 N–H and O–H groups in total. The number of amides is 1. The lowest BCUT2D eigenvalue weighted by molar-refractivity contribution is 0.0728. The number of hydrogen-bond acceptors (Lipinski definition) is 4. The lowest BCUT2D eigenvalue weighted by Gasteiger charge is -2.36. The van der Waals surface area contributed by atoms with Crippen molar-refractivity contribution in [3.63, 3.8) is 0 Å². The van der Waals surface area contributed by atoms with E-state index in [2.05, 4.69) is 10.3 Å². The zero-order valence-electron chi connectivity index (χ0n) is 19.0. The number of benzene rings is 2. The van der Waals surface area contributed by atoms with Crippen molar-refractivity contribution < 1.29 is 18.0 Å². The van der Waals surface area contributed by atoms with E-state index in [0.29, 0.717) is 28.1 Å². The number of carbonyl (C=O) groups excluding carboxylic acids is 1. The van der Waals surface area contributed by atoms with E-state index < -0.39 is 29.4 Å². The fourth-order valence-corrected chi connectivity index (χ4v) is 4.34. The molecule has 1 aromatic heterocycles. The van der Waals surface area contributed by atoms with Crippen LogP contribution in [-0.4, -0.2) is 41.1 Å². The molecule has 3 aromatic rings. The number of piperidine rings is 1. The summed E-state index contributed by atoms with van der Waals surface area (Å²) in [6.07, 6.45) is 1.83. The number of hydrogen-bond donors (Lipinski definition) is 3. The summed E-state index contributed by atoms with van der Waals surface area (Å²) in [4.78, 5) is 17.6. The Kier molecular flexibility index (Phi) is 6.47. The van der Waals surface area contributed by atoms with Gasteiger partial charge in [-0.1, -0.05) is 0 Å². The van der Waals surface area contributed by atoms with Crippen molar-refractivity contribution in [2.45, 2.75) is 19.4 Å². The first-order valence-electron chi connectivity index (χ1n) is 10.9.